The predicted octanol–water partition coefficient (Wildman–Crippen LogP) is 6.39. The Morgan fingerprint density at radius 3 is 2.08 bits per heavy atom. The normalized spacial score (nSPS) is 13.0. The Labute approximate surface area is 228 Å². The van der Waals surface area contributed by atoms with Crippen molar-refractivity contribution in [1.82, 2.24) is 10.2 Å². The molecule has 2 aromatic carbocycles. The minimum Gasteiger partial charge on any atom is -0.444 e. The summed E-state index contributed by atoms with van der Waals surface area (Å²) in [7, 11) is 0. The van der Waals surface area contributed by atoms with Crippen LogP contribution in [-0.4, -0.2) is 41.0 Å². The summed E-state index contributed by atoms with van der Waals surface area (Å²) in [6.45, 7) is 19.2. The molecule has 0 aromatic heterocycles. The maximum atomic E-state index is 14.1. The van der Waals surface area contributed by atoms with Crippen LogP contribution >= 0.6 is 0 Å². The van der Waals surface area contributed by atoms with E-state index in [9.17, 15) is 14.4 Å². The molecule has 0 aliphatic heterocycles. The van der Waals surface area contributed by atoms with Crippen molar-refractivity contribution in [3.63, 3.8) is 0 Å². The van der Waals surface area contributed by atoms with Crippen LogP contribution in [0.3, 0.4) is 0 Å². The lowest BCUT2D eigenvalue weighted by atomic mass is 9.95. The van der Waals surface area contributed by atoms with Gasteiger partial charge >= 0.3 is 6.09 Å². The molecule has 0 fully saturated rings. The van der Waals surface area contributed by atoms with Gasteiger partial charge in [-0.25, -0.2) is 4.79 Å². The van der Waals surface area contributed by atoms with Crippen molar-refractivity contribution in [3.8, 4) is 0 Å². The summed E-state index contributed by atoms with van der Waals surface area (Å²) in [5, 5.41) is 5.87. The highest BCUT2D eigenvalue weighted by Gasteiger charge is 2.36. The van der Waals surface area contributed by atoms with Gasteiger partial charge < -0.3 is 20.3 Å². The first kappa shape index (κ1) is 30.9. The van der Waals surface area contributed by atoms with Crippen molar-refractivity contribution in [2.75, 3.05) is 11.9 Å². The van der Waals surface area contributed by atoms with E-state index in [1.54, 1.807) is 25.7 Å². The van der Waals surface area contributed by atoms with Crippen LogP contribution in [0.15, 0.2) is 36.4 Å². The number of carbonyl (C=O) groups is 3. The van der Waals surface area contributed by atoms with E-state index in [4.69, 9.17) is 4.74 Å². The first-order valence-electron chi connectivity index (χ1n) is 13.4. The van der Waals surface area contributed by atoms with Crippen LogP contribution in [0.4, 0.5) is 10.5 Å². The minimum atomic E-state index is -0.887. The van der Waals surface area contributed by atoms with E-state index in [1.165, 1.54) is 0 Å². The number of carbonyl (C=O) groups excluding carboxylic acids is 3. The number of ether oxygens (including phenoxy) is 1. The summed E-state index contributed by atoms with van der Waals surface area (Å²) in [6.07, 6.45) is -0.247. The second kappa shape index (κ2) is 12.9. The van der Waals surface area contributed by atoms with Crippen LogP contribution in [-0.2, 0) is 14.3 Å². The molecule has 7 nitrogen and oxygen atoms in total. The second-order valence-electron chi connectivity index (χ2n) is 11.5. The van der Waals surface area contributed by atoms with Crippen LogP contribution in [0.25, 0.3) is 0 Å². The lowest BCUT2D eigenvalue weighted by molar-refractivity contribution is -0.140. The van der Waals surface area contributed by atoms with Gasteiger partial charge in [0.15, 0.2) is 0 Å². The van der Waals surface area contributed by atoms with Crippen molar-refractivity contribution < 1.29 is 19.1 Å². The van der Waals surface area contributed by atoms with Crippen molar-refractivity contribution in [2.45, 2.75) is 93.3 Å². The molecule has 0 saturated carbocycles. The van der Waals surface area contributed by atoms with Crippen LogP contribution in [0.1, 0.15) is 81.8 Å². The third-order valence-corrected chi connectivity index (χ3v) is 6.34. The van der Waals surface area contributed by atoms with Gasteiger partial charge in [0, 0.05) is 12.2 Å². The maximum Gasteiger partial charge on any atom is 0.408 e. The molecule has 0 heterocycles. The zero-order valence-electron chi connectivity index (χ0n) is 24.7. The summed E-state index contributed by atoms with van der Waals surface area (Å²) in [4.78, 5) is 42.3. The molecule has 0 saturated heterocycles. The van der Waals surface area contributed by atoms with Gasteiger partial charge in [0.2, 0.25) is 5.91 Å². The lowest BCUT2D eigenvalue weighted by Crippen LogP contribution is -2.52. The number of alkyl carbamates (subject to hydrolysis) is 1. The van der Waals surface area contributed by atoms with E-state index >= 15 is 0 Å². The smallest absolute Gasteiger partial charge is 0.408 e. The molecule has 38 heavy (non-hydrogen) atoms. The van der Waals surface area contributed by atoms with Gasteiger partial charge in [0.25, 0.3) is 5.91 Å². The fourth-order valence-electron chi connectivity index (χ4n) is 4.52. The van der Waals surface area contributed by atoms with Gasteiger partial charge in [-0.1, -0.05) is 55.8 Å². The molecule has 208 valence electrons. The number of likely N-dealkylation sites (N-methyl/N-ethyl adjacent to an activating group) is 1. The molecule has 0 spiro atoms. The quantitative estimate of drug-likeness (QED) is 0.399. The summed E-state index contributed by atoms with van der Waals surface area (Å²) in [5.41, 5.74) is 4.57. The maximum absolute atomic E-state index is 14.1. The molecule has 7 heteroatoms. The van der Waals surface area contributed by atoms with Crippen LogP contribution in [0, 0.1) is 33.6 Å². The van der Waals surface area contributed by atoms with Gasteiger partial charge in [-0.15, -0.1) is 0 Å². The van der Waals surface area contributed by atoms with Crippen LogP contribution < -0.4 is 10.6 Å². The number of nitrogens with one attached hydrogen (secondary N) is 2. The number of hydrogen-bond acceptors (Lipinski definition) is 4. The monoisotopic (exact) mass is 523 g/mol. The molecule has 2 atom stereocenters. The molecule has 3 amide bonds. The van der Waals surface area contributed by atoms with E-state index in [2.05, 4.69) is 10.6 Å². The molecule has 2 aromatic rings. The number of para-hydroxylation sites is 1. The number of aryl methyl sites for hydroxylation is 4. The van der Waals surface area contributed by atoms with Crippen LogP contribution in [0.5, 0.6) is 0 Å². The number of rotatable bonds is 9. The Hall–Kier alpha value is -3.35. The predicted molar refractivity (Wildman–Crippen MR) is 153 cm³/mol. The first-order valence-corrected chi connectivity index (χ1v) is 13.4. The fourth-order valence-corrected chi connectivity index (χ4v) is 4.52. The zero-order valence-corrected chi connectivity index (χ0v) is 24.7. The molecule has 0 radical (unpaired) electrons. The second-order valence-corrected chi connectivity index (χ2v) is 11.5. The zero-order chi connectivity index (χ0) is 28.8. The minimum absolute atomic E-state index is 0.125. The Kier molecular flexibility index (Phi) is 10.5. The highest BCUT2D eigenvalue weighted by Crippen LogP contribution is 2.30. The third kappa shape index (κ3) is 8.33. The summed E-state index contributed by atoms with van der Waals surface area (Å²) in [5.74, 6) is -0.498. The van der Waals surface area contributed by atoms with E-state index in [0.29, 0.717) is 6.42 Å². The average molecular weight is 524 g/mol. The Morgan fingerprint density at radius 2 is 1.55 bits per heavy atom. The molecule has 2 rings (SSSR count). The van der Waals surface area contributed by atoms with E-state index < -0.39 is 23.8 Å². The summed E-state index contributed by atoms with van der Waals surface area (Å²) < 4.78 is 5.45. The van der Waals surface area contributed by atoms with Gasteiger partial charge in [0.1, 0.15) is 17.7 Å². The van der Waals surface area contributed by atoms with Gasteiger partial charge in [0.05, 0.1) is 0 Å². The Balaban J connectivity index is 2.55. The first-order chi connectivity index (χ1) is 17.6. The van der Waals surface area contributed by atoms with Crippen molar-refractivity contribution in [3.05, 3.63) is 64.2 Å². The molecule has 0 aliphatic rings. The SMILES string of the molecule is CCN(C(=O)C(CC(C)C)NC(=O)OC(C)(C)C)C(C(=O)Nc1c(C)cccc1C)c1cc(C)ccc1C. The molecule has 0 aliphatic carbocycles. The van der Waals surface area contributed by atoms with Crippen molar-refractivity contribution in [1.29, 1.82) is 0 Å². The van der Waals surface area contributed by atoms with E-state index in [0.717, 1.165) is 33.5 Å². The Bertz CT molecular complexity index is 1130. The number of benzene rings is 2. The molecule has 2 unspecified atom stereocenters. The Morgan fingerprint density at radius 1 is 0.947 bits per heavy atom. The van der Waals surface area contributed by atoms with Gasteiger partial charge in [-0.2, -0.15) is 0 Å². The molecular weight excluding hydrogens is 478 g/mol. The number of amides is 3. The standard InChI is InChI=1S/C31H45N3O4/c1-11-34(29(36)25(17-19(2)3)32-30(37)38-31(8,9)10)27(24-18-20(4)15-16-21(24)5)28(35)33-26-22(6)13-12-14-23(26)7/h12-16,18-19,25,27H,11,17H2,1-10H3,(H,32,37)(H,33,35). The topological polar surface area (TPSA) is 87.7 Å². The summed E-state index contributed by atoms with van der Waals surface area (Å²) in [6, 6.07) is 10.0. The number of nitrogens with zero attached hydrogens (tertiary/aromatic N) is 1. The highest BCUT2D eigenvalue weighted by atomic mass is 16.6. The largest absolute Gasteiger partial charge is 0.444 e. The van der Waals surface area contributed by atoms with E-state index in [-0.39, 0.29) is 24.3 Å². The average Bonchev–Trinajstić information content (AvgIpc) is 2.79. The van der Waals surface area contributed by atoms with E-state index in [1.807, 2.05) is 84.9 Å². The summed E-state index contributed by atoms with van der Waals surface area (Å²) >= 11 is 0. The molecular formula is C31H45N3O4. The highest BCUT2D eigenvalue weighted by molar-refractivity contribution is 6.00. The number of hydrogen-bond donors (Lipinski definition) is 2. The molecule has 0 bridgehead atoms. The van der Waals surface area contributed by atoms with Crippen molar-refractivity contribution in [2.24, 2.45) is 5.92 Å². The lowest BCUT2D eigenvalue weighted by Gasteiger charge is -2.35. The molecule has 2 N–H and O–H groups in total. The van der Waals surface area contributed by atoms with Crippen LogP contribution in [0.2, 0.25) is 0 Å². The van der Waals surface area contributed by atoms with Gasteiger partial charge in [-0.3, -0.25) is 9.59 Å². The van der Waals surface area contributed by atoms with Crippen molar-refractivity contribution >= 4 is 23.6 Å². The van der Waals surface area contributed by atoms with Gasteiger partial charge in [-0.05, 0) is 90.0 Å². The number of anilines is 1. The third-order valence-electron chi connectivity index (χ3n) is 6.34. The fraction of sp³-hybridized carbons (Fsp3) is 0.516.